The maximum absolute atomic E-state index is 10.9. The minimum Gasteiger partial charge on any atom is -0.478 e. The Labute approximate surface area is 87.3 Å². The number of benzene rings is 1. The van der Waals surface area contributed by atoms with E-state index in [-0.39, 0.29) is 5.56 Å². The van der Waals surface area contributed by atoms with Gasteiger partial charge in [-0.15, -0.1) is 0 Å². The molecule has 0 amide bonds. The lowest BCUT2D eigenvalue weighted by molar-refractivity contribution is 0.0697. The summed E-state index contributed by atoms with van der Waals surface area (Å²) >= 11 is 0. The number of hydrazone groups is 2. The number of aromatic carboxylic acids is 1. The van der Waals surface area contributed by atoms with Gasteiger partial charge in [0.15, 0.2) is 0 Å². The van der Waals surface area contributed by atoms with Crippen LogP contribution in [0.5, 0.6) is 0 Å². The van der Waals surface area contributed by atoms with Gasteiger partial charge in [-0.3, -0.25) is 0 Å². The molecule has 0 saturated carbocycles. The maximum Gasteiger partial charge on any atom is 0.337 e. The standard InChI is InChI=1S/C10H11N3O2/c1-3-12-13(11-2)9-7-5-4-6-8(9)10(14)15/h3-7H,2H2,1H3,(H,14,15)/b12-3-. The summed E-state index contributed by atoms with van der Waals surface area (Å²) in [5.41, 5.74) is 0.522. The zero-order chi connectivity index (χ0) is 11.3. The highest BCUT2D eigenvalue weighted by Gasteiger charge is 2.13. The van der Waals surface area contributed by atoms with Crippen molar-refractivity contribution in [2.75, 3.05) is 5.12 Å². The van der Waals surface area contributed by atoms with E-state index in [9.17, 15) is 4.79 Å². The summed E-state index contributed by atoms with van der Waals surface area (Å²) in [6.07, 6.45) is 1.51. The molecule has 1 aromatic rings. The van der Waals surface area contributed by atoms with Crippen molar-refractivity contribution in [2.45, 2.75) is 6.92 Å². The van der Waals surface area contributed by atoms with E-state index in [1.807, 2.05) is 0 Å². The number of carboxylic acid groups (broad SMARTS) is 1. The maximum atomic E-state index is 10.9. The van der Waals surface area contributed by atoms with E-state index in [4.69, 9.17) is 5.11 Å². The van der Waals surface area contributed by atoms with Crippen LogP contribution in [-0.4, -0.2) is 24.0 Å². The molecule has 1 aromatic carbocycles. The van der Waals surface area contributed by atoms with Gasteiger partial charge in [0.1, 0.15) is 5.69 Å². The fourth-order valence-corrected chi connectivity index (χ4v) is 1.11. The Balaban J connectivity index is 3.22. The first-order chi connectivity index (χ1) is 7.20. The second-order valence-electron chi connectivity index (χ2n) is 2.63. The Morgan fingerprint density at radius 2 is 2.20 bits per heavy atom. The molecule has 0 saturated heterocycles. The number of rotatable bonds is 4. The first kappa shape index (κ1) is 10.9. The molecule has 15 heavy (non-hydrogen) atoms. The molecule has 0 atom stereocenters. The summed E-state index contributed by atoms with van der Waals surface area (Å²) in [6.45, 7) is 5.04. The van der Waals surface area contributed by atoms with Crippen molar-refractivity contribution in [1.29, 1.82) is 0 Å². The Kier molecular flexibility index (Phi) is 3.56. The number of carboxylic acids is 1. The molecular weight excluding hydrogens is 194 g/mol. The fourth-order valence-electron chi connectivity index (χ4n) is 1.11. The van der Waals surface area contributed by atoms with Crippen LogP contribution in [0.15, 0.2) is 34.5 Å². The van der Waals surface area contributed by atoms with Crippen molar-refractivity contribution in [3.8, 4) is 0 Å². The monoisotopic (exact) mass is 205 g/mol. The highest BCUT2D eigenvalue weighted by atomic mass is 16.4. The second kappa shape index (κ2) is 4.90. The summed E-state index contributed by atoms with van der Waals surface area (Å²) in [6, 6.07) is 6.46. The van der Waals surface area contributed by atoms with E-state index in [0.29, 0.717) is 5.69 Å². The van der Waals surface area contributed by atoms with Crippen molar-refractivity contribution in [3.05, 3.63) is 29.8 Å². The molecular formula is C10H11N3O2. The summed E-state index contributed by atoms with van der Waals surface area (Å²) < 4.78 is 0. The van der Waals surface area contributed by atoms with Crippen molar-refractivity contribution in [3.63, 3.8) is 0 Å². The minimum atomic E-state index is -1.02. The topological polar surface area (TPSA) is 65.3 Å². The zero-order valence-corrected chi connectivity index (χ0v) is 8.29. The molecule has 5 heteroatoms. The normalized spacial score (nSPS) is 10.2. The van der Waals surface area contributed by atoms with Crippen LogP contribution in [0.3, 0.4) is 0 Å². The average Bonchev–Trinajstić information content (AvgIpc) is 2.26. The van der Waals surface area contributed by atoms with Crippen LogP contribution in [0.4, 0.5) is 5.69 Å². The van der Waals surface area contributed by atoms with Crippen LogP contribution < -0.4 is 5.12 Å². The van der Waals surface area contributed by atoms with Crippen LogP contribution in [0, 0.1) is 0 Å². The van der Waals surface area contributed by atoms with Crippen molar-refractivity contribution in [2.24, 2.45) is 10.2 Å². The Bertz CT molecular complexity index is 401. The fraction of sp³-hybridized carbons (Fsp3) is 0.100. The lowest BCUT2D eigenvalue weighted by atomic mass is 10.2. The van der Waals surface area contributed by atoms with E-state index in [1.165, 1.54) is 17.4 Å². The molecule has 0 bridgehead atoms. The third-order valence-electron chi connectivity index (χ3n) is 1.71. The number of nitrogens with zero attached hydrogens (tertiary/aromatic N) is 3. The number of carbonyl (C=O) groups is 1. The van der Waals surface area contributed by atoms with Gasteiger partial charge in [-0.1, -0.05) is 12.1 Å². The van der Waals surface area contributed by atoms with Gasteiger partial charge in [0, 0.05) is 12.9 Å². The molecule has 0 aliphatic rings. The molecule has 5 nitrogen and oxygen atoms in total. The number of hydrogen-bond acceptors (Lipinski definition) is 4. The predicted octanol–water partition coefficient (Wildman–Crippen LogP) is 1.81. The lowest BCUT2D eigenvalue weighted by Crippen LogP contribution is -2.12. The van der Waals surface area contributed by atoms with Crippen molar-refractivity contribution >= 4 is 24.6 Å². The third kappa shape index (κ3) is 2.40. The van der Waals surface area contributed by atoms with Gasteiger partial charge >= 0.3 is 5.97 Å². The van der Waals surface area contributed by atoms with E-state index in [2.05, 4.69) is 16.9 Å². The lowest BCUT2D eigenvalue weighted by Gasteiger charge is -2.13. The van der Waals surface area contributed by atoms with E-state index in [1.54, 1.807) is 25.1 Å². The van der Waals surface area contributed by atoms with Crippen LogP contribution >= 0.6 is 0 Å². The van der Waals surface area contributed by atoms with E-state index >= 15 is 0 Å². The SMILES string of the molecule is C=NN(/N=C\C)c1ccccc1C(=O)O. The Morgan fingerprint density at radius 3 is 2.73 bits per heavy atom. The van der Waals surface area contributed by atoms with Gasteiger partial charge in [0.25, 0.3) is 0 Å². The van der Waals surface area contributed by atoms with Crippen molar-refractivity contribution < 1.29 is 9.90 Å². The third-order valence-corrected chi connectivity index (χ3v) is 1.71. The molecule has 0 heterocycles. The van der Waals surface area contributed by atoms with Crippen LogP contribution in [-0.2, 0) is 0 Å². The molecule has 0 unspecified atom stereocenters. The Morgan fingerprint density at radius 1 is 1.53 bits per heavy atom. The molecule has 1 N–H and O–H groups in total. The molecule has 0 aromatic heterocycles. The highest BCUT2D eigenvalue weighted by molar-refractivity contribution is 5.94. The zero-order valence-electron chi connectivity index (χ0n) is 8.29. The second-order valence-corrected chi connectivity index (χ2v) is 2.63. The highest BCUT2D eigenvalue weighted by Crippen LogP contribution is 2.20. The van der Waals surface area contributed by atoms with E-state index < -0.39 is 5.97 Å². The van der Waals surface area contributed by atoms with Gasteiger partial charge in [0.05, 0.1) is 5.56 Å². The van der Waals surface area contributed by atoms with Crippen molar-refractivity contribution in [1.82, 2.24) is 0 Å². The largest absolute Gasteiger partial charge is 0.478 e. The number of hydrogen-bond donors (Lipinski definition) is 1. The first-order valence-corrected chi connectivity index (χ1v) is 4.28. The van der Waals surface area contributed by atoms with Gasteiger partial charge in [0.2, 0.25) is 0 Å². The quantitative estimate of drug-likeness (QED) is 0.602. The molecule has 0 fully saturated rings. The summed E-state index contributed by atoms with van der Waals surface area (Å²) in [5, 5.41) is 17.6. The minimum absolute atomic E-state index is 0.135. The van der Waals surface area contributed by atoms with Gasteiger partial charge < -0.3 is 5.11 Å². The van der Waals surface area contributed by atoms with Gasteiger partial charge in [-0.2, -0.15) is 15.3 Å². The van der Waals surface area contributed by atoms with E-state index in [0.717, 1.165) is 0 Å². The number of para-hydroxylation sites is 1. The summed E-state index contributed by atoms with van der Waals surface area (Å²) in [5.74, 6) is -1.02. The molecule has 0 aliphatic heterocycles. The van der Waals surface area contributed by atoms with Crippen LogP contribution in [0.25, 0.3) is 0 Å². The number of anilines is 1. The first-order valence-electron chi connectivity index (χ1n) is 4.28. The molecule has 78 valence electrons. The summed E-state index contributed by atoms with van der Waals surface area (Å²) in [7, 11) is 0. The smallest absolute Gasteiger partial charge is 0.337 e. The molecule has 0 radical (unpaired) electrons. The molecule has 0 aliphatic carbocycles. The Hall–Kier alpha value is -2.17. The average molecular weight is 205 g/mol. The van der Waals surface area contributed by atoms with Gasteiger partial charge in [-0.05, 0) is 19.1 Å². The summed E-state index contributed by atoms with van der Waals surface area (Å²) in [4.78, 5) is 10.9. The van der Waals surface area contributed by atoms with Gasteiger partial charge in [-0.25, -0.2) is 4.79 Å². The van der Waals surface area contributed by atoms with Crippen LogP contribution in [0.2, 0.25) is 0 Å². The molecule has 1 rings (SSSR count). The predicted molar refractivity (Wildman–Crippen MR) is 59.6 cm³/mol. The van der Waals surface area contributed by atoms with Crippen LogP contribution in [0.1, 0.15) is 17.3 Å². The molecule has 0 spiro atoms.